The zero-order valence-electron chi connectivity index (χ0n) is 10.8. The van der Waals surface area contributed by atoms with Crippen molar-refractivity contribution >= 4 is 11.8 Å². The number of likely N-dealkylation sites (tertiary alicyclic amines) is 1. The van der Waals surface area contributed by atoms with Gasteiger partial charge >= 0.3 is 0 Å². The Hall–Kier alpha value is -1.10. The maximum atomic E-state index is 12.5. The molecule has 4 unspecified atom stereocenters. The Bertz CT molecular complexity index is 361. The van der Waals surface area contributed by atoms with Crippen LogP contribution in [0.3, 0.4) is 0 Å². The van der Waals surface area contributed by atoms with Gasteiger partial charge < -0.3 is 15.5 Å². The second kappa shape index (κ2) is 4.53. The van der Waals surface area contributed by atoms with Gasteiger partial charge in [-0.2, -0.15) is 0 Å². The van der Waals surface area contributed by atoms with Gasteiger partial charge in [0.25, 0.3) is 0 Å². The van der Waals surface area contributed by atoms with E-state index in [0.29, 0.717) is 37.3 Å². The van der Waals surface area contributed by atoms with Crippen molar-refractivity contribution in [2.75, 3.05) is 26.2 Å². The molecule has 18 heavy (non-hydrogen) atoms. The van der Waals surface area contributed by atoms with Crippen molar-refractivity contribution in [1.82, 2.24) is 15.5 Å². The molecule has 0 aliphatic carbocycles. The zero-order chi connectivity index (χ0) is 12.7. The summed E-state index contributed by atoms with van der Waals surface area (Å²) in [6.45, 7) is 5.66. The standard InChI is InChI=1S/C13H21N3O2/c1-8-11-6-14-4-10(11)7-16(8)13(18)9-2-3-12(17)15-5-9/h8-11,14H,2-7H2,1H3,(H,15,17). The van der Waals surface area contributed by atoms with Gasteiger partial charge in [-0.1, -0.05) is 0 Å². The van der Waals surface area contributed by atoms with Crippen LogP contribution in [-0.4, -0.2) is 48.9 Å². The van der Waals surface area contributed by atoms with Gasteiger partial charge in [0.2, 0.25) is 11.8 Å². The van der Waals surface area contributed by atoms with Crippen molar-refractivity contribution in [3.05, 3.63) is 0 Å². The van der Waals surface area contributed by atoms with Crippen LogP contribution in [0, 0.1) is 17.8 Å². The third-order valence-corrected chi connectivity index (χ3v) is 4.83. The number of rotatable bonds is 1. The first-order valence-corrected chi connectivity index (χ1v) is 6.94. The molecule has 3 heterocycles. The molecule has 3 aliphatic heterocycles. The molecule has 5 nitrogen and oxygen atoms in total. The van der Waals surface area contributed by atoms with Crippen LogP contribution in [0.25, 0.3) is 0 Å². The third kappa shape index (κ3) is 1.90. The number of carbonyl (C=O) groups is 2. The van der Waals surface area contributed by atoms with Gasteiger partial charge in [-0.05, 0) is 25.2 Å². The van der Waals surface area contributed by atoms with Crippen LogP contribution in [0.5, 0.6) is 0 Å². The van der Waals surface area contributed by atoms with E-state index in [4.69, 9.17) is 0 Å². The Kier molecular flexibility index (Phi) is 3.01. The monoisotopic (exact) mass is 251 g/mol. The molecule has 3 aliphatic rings. The van der Waals surface area contributed by atoms with Crippen molar-refractivity contribution in [2.45, 2.75) is 25.8 Å². The summed E-state index contributed by atoms with van der Waals surface area (Å²) < 4.78 is 0. The van der Waals surface area contributed by atoms with Gasteiger partial charge in [0.05, 0.1) is 5.92 Å². The fourth-order valence-electron chi connectivity index (χ4n) is 3.64. The summed E-state index contributed by atoms with van der Waals surface area (Å²) in [6.07, 6.45) is 1.20. The Morgan fingerprint density at radius 3 is 2.83 bits per heavy atom. The van der Waals surface area contributed by atoms with Crippen LogP contribution in [0.4, 0.5) is 0 Å². The zero-order valence-corrected chi connectivity index (χ0v) is 10.8. The molecule has 0 spiro atoms. The number of hydrogen-bond acceptors (Lipinski definition) is 3. The minimum Gasteiger partial charge on any atom is -0.355 e. The van der Waals surface area contributed by atoms with Gasteiger partial charge in [0.1, 0.15) is 0 Å². The Balaban J connectivity index is 1.64. The highest BCUT2D eigenvalue weighted by atomic mass is 16.2. The molecule has 0 aromatic rings. The van der Waals surface area contributed by atoms with Crippen LogP contribution in [0.2, 0.25) is 0 Å². The second-order valence-corrected chi connectivity index (χ2v) is 5.85. The van der Waals surface area contributed by atoms with Crippen molar-refractivity contribution < 1.29 is 9.59 Å². The summed E-state index contributed by atoms with van der Waals surface area (Å²) in [5.74, 6) is 1.57. The number of amides is 2. The predicted molar refractivity (Wildman–Crippen MR) is 66.8 cm³/mol. The molecule has 0 saturated carbocycles. The van der Waals surface area contributed by atoms with Crippen molar-refractivity contribution in [1.29, 1.82) is 0 Å². The van der Waals surface area contributed by atoms with E-state index in [1.165, 1.54) is 0 Å². The summed E-state index contributed by atoms with van der Waals surface area (Å²) in [6, 6.07) is 0.343. The van der Waals surface area contributed by atoms with E-state index in [1.54, 1.807) is 0 Å². The second-order valence-electron chi connectivity index (χ2n) is 5.85. The Morgan fingerprint density at radius 2 is 2.17 bits per heavy atom. The lowest BCUT2D eigenvalue weighted by atomic mass is 9.95. The first kappa shape index (κ1) is 12.0. The van der Waals surface area contributed by atoms with Gasteiger partial charge in [0.15, 0.2) is 0 Å². The van der Waals surface area contributed by atoms with Gasteiger partial charge in [0, 0.05) is 38.6 Å². The molecule has 0 radical (unpaired) electrons. The molecule has 0 bridgehead atoms. The van der Waals surface area contributed by atoms with E-state index in [-0.39, 0.29) is 17.7 Å². The highest BCUT2D eigenvalue weighted by Crippen LogP contribution is 2.33. The number of nitrogens with one attached hydrogen (secondary N) is 2. The minimum atomic E-state index is -0.00284. The summed E-state index contributed by atoms with van der Waals surface area (Å²) >= 11 is 0. The van der Waals surface area contributed by atoms with E-state index in [0.717, 1.165) is 19.6 Å². The lowest BCUT2D eigenvalue weighted by molar-refractivity contribution is -0.138. The van der Waals surface area contributed by atoms with Crippen molar-refractivity contribution in [2.24, 2.45) is 17.8 Å². The maximum Gasteiger partial charge on any atom is 0.227 e. The van der Waals surface area contributed by atoms with Crippen LogP contribution in [0.1, 0.15) is 19.8 Å². The molecule has 3 saturated heterocycles. The van der Waals surface area contributed by atoms with E-state index in [1.807, 2.05) is 0 Å². The topological polar surface area (TPSA) is 61.4 Å². The first-order chi connectivity index (χ1) is 8.66. The highest BCUT2D eigenvalue weighted by Gasteiger charge is 2.45. The summed E-state index contributed by atoms with van der Waals surface area (Å²) in [7, 11) is 0. The van der Waals surface area contributed by atoms with Crippen molar-refractivity contribution in [3.8, 4) is 0 Å². The summed E-state index contributed by atoms with van der Waals surface area (Å²) in [5.41, 5.74) is 0. The quantitative estimate of drug-likeness (QED) is 0.665. The highest BCUT2D eigenvalue weighted by molar-refractivity contribution is 5.84. The number of fused-ring (bicyclic) bond motifs is 1. The van der Waals surface area contributed by atoms with Crippen LogP contribution < -0.4 is 10.6 Å². The number of hydrogen-bond donors (Lipinski definition) is 2. The summed E-state index contributed by atoms with van der Waals surface area (Å²) in [5, 5.41) is 6.21. The van der Waals surface area contributed by atoms with Gasteiger partial charge in [-0.3, -0.25) is 9.59 Å². The molecule has 2 amide bonds. The normalized spacial score (nSPS) is 39.6. The lowest BCUT2D eigenvalue weighted by Gasteiger charge is -2.30. The van der Waals surface area contributed by atoms with E-state index < -0.39 is 0 Å². The van der Waals surface area contributed by atoms with Gasteiger partial charge in [-0.15, -0.1) is 0 Å². The lowest BCUT2D eigenvalue weighted by Crippen LogP contribution is -2.47. The van der Waals surface area contributed by atoms with E-state index in [9.17, 15) is 9.59 Å². The fourth-order valence-corrected chi connectivity index (χ4v) is 3.64. The number of nitrogens with zero attached hydrogens (tertiary/aromatic N) is 1. The molecular formula is C13H21N3O2. The number of carbonyl (C=O) groups excluding carboxylic acids is 2. The largest absolute Gasteiger partial charge is 0.355 e. The molecule has 4 atom stereocenters. The van der Waals surface area contributed by atoms with Crippen LogP contribution >= 0.6 is 0 Å². The molecular weight excluding hydrogens is 230 g/mol. The molecule has 0 aromatic heterocycles. The molecule has 0 aromatic carbocycles. The van der Waals surface area contributed by atoms with Crippen molar-refractivity contribution in [3.63, 3.8) is 0 Å². The molecule has 100 valence electrons. The smallest absolute Gasteiger partial charge is 0.227 e. The molecule has 5 heteroatoms. The summed E-state index contributed by atoms with van der Waals surface area (Å²) in [4.78, 5) is 25.7. The minimum absolute atomic E-state index is 0.00284. The fraction of sp³-hybridized carbons (Fsp3) is 0.846. The first-order valence-electron chi connectivity index (χ1n) is 6.94. The van der Waals surface area contributed by atoms with Crippen LogP contribution in [-0.2, 0) is 9.59 Å². The van der Waals surface area contributed by atoms with E-state index in [2.05, 4.69) is 22.5 Å². The molecule has 3 fully saturated rings. The van der Waals surface area contributed by atoms with E-state index >= 15 is 0 Å². The van der Waals surface area contributed by atoms with Gasteiger partial charge in [-0.25, -0.2) is 0 Å². The third-order valence-electron chi connectivity index (χ3n) is 4.83. The maximum absolute atomic E-state index is 12.5. The van der Waals surface area contributed by atoms with Crippen LogP contribution in [0.15, 0.2) is 0 Å². The Morgan fingerprint density at radius 1 is 1.33 bits per heavy atom. The average molecular weight is 251 g/mol. The predicted octanol–water partition coefficient (Wildman–Crippen LogP) is -0.421. The SMILES string of the molecule is CC1C2CNCC2CN1C(=O)C1CCC(=O)NC1. The average Bonchev–Trinajstić information content (AvgIpc) is 2.93. The molecule has 2 N–H and O–H groups in total. The molecule has 3 rings (SSSR count). The Labute approximate surface area is 107 Å². The number of piperidine rings is 1.